The molecule has 1 heterocycles. The van der Waals surface area contributed by atoms with Crippen molar-refractivity contribution < 1.29 is 8.42 Å². The van der Waals surface area contributed by atoms with Crippen molar-refractivity contribution in [1.82, 2.24) is 4.72 Å². The van der Waals surface area contributed by atoms with Crippen molar-refractivity contribution in [2.45, 2.75) is 39.5 Å². The normalized spacial score (nSPS) is 32.2. The van der Waals surface area contributed by atoms with Crippen LogP contribution in [-0.2, 0) is 10.0 Å². The van der Waals surface area contributed by atoms with E-state index in [-0.39, 0.29) is 5.41 Å². The molecule has 0 radical (unpaired) electrons. The van der Waals surface area contributed by atoms with Gasteiger partial charge in [-0.1, -0.05) is 26.7 Å². The maximum Gasteiger partial charge on any atom is 0.212 e. The van der Waals surface area contributed by atoms with Crippen LogP contribution >= 0.6 is 0 Å². The molecule has 1 aliphatic heterocycles. The molecule has 0 amide bonds. The Kier molecular flexibility index (Phi) is 3.35. The number of hydrogen-bond acceptors (Lipinski definition) is 2. The van der Waals surface area contributed by atoms with Gasteiger partial charge >= 0.3 is 0 Å². The highest BCUT2D eigenvalue weighted by atomic mass is 32.2. The Bertz CT molecular complexity index is 261. The quantitative estimate of drug-likeness (QED) is 0.756. The van der Waals surface area contributed by atoms with E-state index in [1.807, 2.05) is 0 Å². The molecular weight excluding hydrogens is 186 g/mol. The van der Waals surface area contributed by atoms with E-state index in [0.717, 1.165) is 25.7 Å². The van der Waals surface area contributed by atoms with Gasteiger partial charge in [0.1, 0.15) is 0 Å². The lowest BCUT2D eigenvalue weighted by Gasteiger charge is -2.24. The average Bonchev–Trinajstić information content (AvgIpc) is 2.40. The molecule has 0 aromatic rings. The van der Waals surface area contributed by atoms with E-state index < -0.39 is 10.0 Å². The lowest BCUT2D eigenvalue weighted by Crippen LogP contribution is -2.25. The summed E-state index contributed by atoms with van der Waals surface area (Å²) >= 11 is 0. The maximum absolute atomic E-state index is 11.3. The number of sulfonamides is 1. The molecule has 13 heavy (non-hydrogen) atoms. The second kappa shape index (κ2) is 3.96. The molecule has 0 bridgehead atoms. The van der Waals surface area contributed by atoms with Crippen LogP contribution in [0.4, 0.5) is 0 Å². The fraction of sp³-hybridized carbons (Fsp3) is 1.00. The molecule has 0 saturated carbocycles. The lowest BCUT2D eigenvalue weighted by atomic mass is 9.82. The highest BCUT2D eigenvalue weighted by Gasteiger charge is 2.39. The molecule has 1 fully saturated rings. The van der Waals surface area contributed by atoms with Crippen LogP contribution in [0.2, 0.25) is 0 Å². The van der Waals surface area contributed by atoms with E-state index in [0.29, 0.717) is 12.3 Å². The topological polar surface area (TPSA) is 46.2 Å². The van der Waals surface area contributed by atoms with Gasteiger partial charge in [-0.25, -0.2) is 13.1 Å². The summed E-state index contributed by atoms with van der Waals surface area (Å²) in [5.74, 6) is 0.330. The zero-order chi connectivity index (χ0) is 9.95. The Labute approximate surface area is 81.0 Å². The minimum atomic E-state index is -2.95. The summed E-state index contributed by atoms with van der Waals surface area (Å²) in [5, 5.41) is 0. The van der Waals surface area contributed by atoms with Crippen molar-refractivity contribution in [2.24, 2.45) is 5.41 Å². The van der Waals surface area contributed by atoms with Crippen LogP contribution in [0.15, 0.2) is 0 Å². The van der Waals surface area contributed by atoms with E-state index in [9.17, 15) is 8.42 Å². The van der Waals surface area contributed by atoms with Crippen LogP contribution in [0.5, 0.6) is 0 Å². The SMILES string of the molecule is CCCCC1(CC)CNS(=O)(=O)C1. The Morgan fingerprint density at radius 3 is 2.46 bits per heavy atom. The summed E-state index contributed by atoms with van der Waals surface area (Å²) in [5.41, 5.74) is 0.0227. The summed E-state index contributed by atoms with van der Waals surface area (Å²) < 4.78 is 25.1. The van der Waals surface area contributed by atoms with Crippen molar-refractivity contribution in [3.8, 4) is 0 Å². The van der Waals surface area contributed by atoms with Crippen molar-refractivity contribution in [3.05, 3.63) is 0 Å². The monoisotopic (exact) mass is 205 g/mol. The molecule has 1 rings (SSSR count). The smallest absolute Gasteiger partial charge is 0.212 e. The van der Waals surface area contributed by atoms with Crippen LogP contribution < -0.4 is 4.72 Å². The van der Waals surface area contributed by atoms with Crippen LogP contribution in [0, 0.1) is 5.41 Å². The van der Waals surface area contributed by atoms with E-state index in [2.05, 4.69) is 18.6 Å². The van der Waals surface area contributed by atoms with Gasteiger partial charge in [0, 0.05) is 6.54 Å². The van der Waals surface area contributed by atoms with Crippen molar-refractivity contribution in [2.75, 3.05) is 12.3 Å². The summed E-state index contributed by atoms with van der Waals surface area (Å²) in [6.07, 6.45) is 4.26. The molecule has 0 spiro atoms. The predicted molar refractivity (Wildman–Crippen MR) is 54.0 cm³/mol. The number of nitrogens with one attached hydrogen (secondary N) is 1. The Morgan fingerprint density at radius 1 is 1.38 bits per heavy atom. The first-order chi connectivity index (χ1) is 6.04. The van der Waals surface area contributed by atoms with Crippen LogP contribution in [0.25, 0.3) is 0 Å². The van der Waals surface area contributed by atoms with Gasteiger partial charge in [0.05, 0.1) is 5.75 Å². The molecule has 1 aliphatic rings. The summed E-state index contributed by atoms with van der Waals surface area (Å²) in [6.45, 7) is 4.87. The number of rotatable bonds is 4. The van der Waals surface area contributed by atoms with Crippen molar-refractivity contribution in [3.63, 3.8) is 0 Å². The summed E-state index contributed by atoms with van der Waals surface area (Å²) in [4.78, 5) is 0. The highest BCUT2D eigenvalue weighted by molar-refractivity contribution is 7.89. The van der Waals surface area contributed by atoms with Crippen LogP contribution in [-0.4, -0.2) is 20.7 Å². The Hall–Kier alpha value is -0.0900. The maximum atomic E-state index is 11.3. The zero-order valence-corrected chi connectivity index (χ0v) is 9.28. The van der Waals surface area contributed by atoms with Gasteiger partial charge in [0.25, 0.3) is 0 Å². The van der Waals surface area contributed by atoms with E-state index >= 15 is 0 Å². The molecular formula is C9H19NO2S. The average molecular weight is 205 g/mol. The molecule has 4 heteroatoms. The molecule has 0 aromatic heterocycles. The molecule has 0 aliphatic carbocycles. The molecule has 1 saturated heterocycles. The fourth-order valence-corrected chi connectivity index (χ4v) is 3.77. The largest absolute Gasteiger partial charge is 0.215 e. The third-order valence-electron chi connectivity index (χ3n) is 2.97. The minimum absolute atomic E-state index is 0.0227. The Balaban J connectivity index is 2.63. The molecule has 0 aromatic carbocycles. The minimum Gasteiger partial charge on any atom is -0.215 e. The fourth-order valence-electron chi connectivity index (χ4n) is 1.88. The molecule has 1 N–H and O–H groups in total. The van der Waals surface area contributed by atoms with E-state index in [4.69, 9.17) is 0 Å². The first-order valence-corrected chi connectivity index (χ1v) is 6.66. The van der Waals surface area contributed by atoms with Gasteiger partial charge in [0.2, 0.25) is 10.0 Å². The summed E-state index contributed by atoms with van der Waals surface area (Å²) in [6, 6.07) is 0. The van der Waals surface area contributed by atoms with Gasteiger partial charge in [-0.2, -0.15) is 0 Å². The molecule has 78 valence electrons. The highest BCUT2D eigenvalue weighted by Crippen LogP contribution is 2.33. The molecule has 1 atom stereocenters. The van der Waals surface area contributed by atoms with Gasteiger partial charge < -0.3 is 0 Å². The third kappa shape index (κ3) is 2.68. The van der Waals surface area contributed by atoms with Crippen LogP contribution in [0.3, 0.4) is 0 Å². The third-order valence-corrected chi connectivity index (χ3v) is 4.55. The van der Waals surface area contributed by atoms with Crippen LogP contribution in [0.1, 0.15) is 39.5 Å². The standard InChI is InChI=1S/C9H19NO2S/c1-3-5-6-9(4-2)7-10-13(11,12)8-9/h10H,3-8H2,1-2H3. The second-order valence-corrected chi connectivity index (χ2v) is 5.84. The predicted octanol–water partition coefficient (Wildman–Crippen LogP) is 1.51. The van der Waals surface area contributed by atoms with Crippen molar-refractivity contribution in [1.29, 1.82) is 0 Å². The second-order valence-electron chi connectivity index (χ2n) is 4.04. The summed E-state index contributed by atoms with van der Waals surface area (Å²) in [7, 11) is -2.95. The van der Waals surface area contributed by atoms with Gasteiger partial charge in [-0.05, 0) is 18.3 Å². The number of hydrogen-bond donors (Lipinski definition) is 1. The van der Waals surface area contributed by atoms with Gasteiger partial charge in [-0.15, -0.1) is 0 Å². The van der Waals surface area contributed by atoms with Gasteiger partial charge in [-0.3, -0.25) is 0 Å². The zero-order valence-electron chi connectivity index (χ0n) is 8.47. The first kappa shape index (κ1) is 11.0. The number of unbranched alkanes of at least 4 members (excludes halogenated alkanes) is 1. The molecule has 3 nitrogen and oxygen atoms in total. The molecule has 1 unspecified atom stereocenters. The van der Waals surface area contributed by atoms with E-state index in [1.54, 1.807) is 0 Å². The Morgan fingerprint density at radius 2 is 2.08 bits per heavy atom. The lowest BCUT2D eigenvalue weighted by molar-refractivity contribution is 0.301. The van der Waals surface area contributed by atoms with Gasteiger partial charge in [0.15, 0.2) is 0 Å². The van der Waals surface area contributed by atoms with Crippen molar-refractivity contribution >= 4 is 10.0 Å². The first-order valence-electron chi connectivity index (χ1n) is 5.01. The van der Waals surface area contributed by atoms with E-state index in [1.165, 1.54) is 0 Å².